The molecule has 1 saturated heterocycles. The quantitative estimate of drug-likeness (QED) is 0.813. The van der Waals surface area contributed by atoms with E-state index in [9.17, 15) is 0 Å². The fourth-order valence-corrected chi connectivity index (χ4v) is 2.98. The lowest BCUT2D eigenvalue weighted by Crippen LogP contribution is -2.34. The molecular weight excluding hydrogens is 226 g/mol. The van der Waals surface area contributed by atoms with Crippen LogP contribution in [-0.4, -0.2) is 36.6 Å². The summed E-state index contributed by atoms with van der Waals surface area (Å²) < 4.78 is 0. The highest BCUT2D eigenvalue weighted by Gasteiger charge is 2.24. The molecule has 5 heteroatoms. The first-order valence-corrected chi connectivity index (χ1v) is 6.88. The summed E-state index contributed by atoms with van der Waals surface area (Å²) in [5, 5.41) is 0. The van der Waals surface area contributed by atoms with E-state index in [4.69, 9.17) is 5.73 Å². The van der Waals surface area contributed by atoms with Crippen LogP contribution < -0.4 is 15.5 Å². The van der Waals surface area contributed by atoms with Crippen LogP contribution in [0.5, 0.6) is 0 Å². The highest BCUT2D eigenvalue weighted by Crippen LogP contribution is 2.33. The minimum absolute atomic E-state index is 0.406. The summed E-state index contributed by atoms with van der Waals surface area (Å²) in [5.74, 6) is 2.53. The van der Waals surface area contributed by atoms with Gasteiger partial charge in [-0.1, -0.05) is 0 Å². The van der Waals surface area contributed by atoms with Gasteiger partial charge in [0.05, 0.1) is 0 Å². The molecule has 98 valence electrons. The predicted molar refractivity (Wildman–Crippen MR) is 74.1 cm³/mol. The number of piperidine rings is 1. The van der Waals surface area contributed by atoms with E-state index in [1.165, 1.54) is 31.2 Å². The summed E-state index contributed by atoms with van der Waals surface area (Å²) in [5.41, 5.74) is 7.17. The third-order valence-corrected chi connectivity index (χ3v) is 3.92. The maximum Gasteiger partial charge on any atom is 0.223 e. The Bertz CT molecular complexity index is 439. The zero-order valence-electron chi connectivity index (χ0n) is 11.0. The summed E-state index contributed by atoms with van der Waals surface area (Å²) in [6, 6.07) is 0. The van der Waals surface area contributed by atoms with Crippen molar-refractivity contribution in [2.24, 2.45) is 0 Å². The number of hydrogen-bond acceptors (Lipinski definition) is 5. The minimum atomic E-state index is 0.406. The van der Waals surface area contributed by atoms with Gasteiger partial charge in [0.25, 0.3) is 0 Å². The van der Waals surface area contributed by atoms with Crippen LogP contribution in [0.1, 0.15) is 31.2 Å². The third-order valence-electron chi connectivity index (χ3n) is 3.92. The molecule has 1 fully saturated rings. The Kier molecular flexibility index (Phi) is 2.97. The standard InChI is InChI=1S/C13H21N5/c1-17-7-5-6-10-11(17)15-13(14)16-12(10)18-8-3-2-4-9-18/h2-9H2,1H3,(H2,14,15,16). The number of fused-ring (bicyclic) bond motifs is 1. The van der Waals surface area contributed by atoms with Crippen molar-refractivity contribution in [3.63, 3.8) is 0 Å². The second-order valence-corrected chi connectivity index (χ2v) is 5.28. The topological polar surface area (TPSA) is 58.3 Å². The Morgan fingerprint density at radius 3 is 2.44 bits per heavy atom. The molecule has 0 aliphatic carbocycles. The van der Waals surface area contributed by atoms with E-state index in [1.807, 2.05) is 0 Å². The van der Waals surface area contributed by atoms with Crippen molar-refractivity contribution < 1.29 is 0 Å². The number of nitrogens with two attached hydrogens (primary N) is 1. The normalized spacial score (nSPS) is 19.8. The number of anilines is 3. The predicted octanol–water partition coefficient (Wildman–Crippen LogP) is 1.43. The molecule has 0 saturated carbocycles. The molecular formula is C13H21N5. The molecule has 0 radical (unpaired) electrons. The monoisotopic (exact) mass is 247 g/mol. The fourth-order valence-electron chi connectivity index (χ4n) is 2.98. The maximum atomic E-state index is 5.88. The maximum absolute atomic E-state index is 5.88. The van der Waals surface area contributed by atoms with E-state index in [1.54, 1.807) is 0 Å². The van der Waals surface area contributed by atoms with Crippen LogP contribution in [0.4, 0.5) is 17.6 Å². The average molecular weight is 247 g/mol. The zero-order chi connectivity index (χ0) is 12.5. The Hall–Kier alpha value is -1.52. The second kappa shape index (κ2) is 4.63. The van der Waals surface area contributed by atoms with E-state index in [-0.39, 0.29) is 0 Å². The van der Waals surface area contributed by atoms with Crippen molar-refractivity contribution in [1.82, 2.24) is 9.97 Å². The van der Waals surface area contributed by atoms with Gasteiger partial charge in [-0.25, -0.2) is 0 Å². The van der Waals surface area contributed by atoms with Gasteiger partial charge in [-0.2, -0.15) is 9.97 Å². The Balaban J connectivity index is 2.02. The summed E-state index contributed by atoms with van der Waals surface area (Å²) in [6.07, 6.45) is 6.10. The van der Waals surface area contributed by atoms with Crippen molar-refractivity contribution in [3.8, 4) is 0 Å². The second-order valence-electron chi connectivity index (χ2n) is 5.28. The van der Waals surface area contributed by atoms with Gasteiger partial charge >= 0.3 is 0 Å². The average Bonchev–Trinajstić information content (AvgIpc) is 2.40. The molecule has 3 heterocycles. The lowest BCUT2D eigenvalue weighted by molar-refractivity contribution is 0.569. The minimum Gasteiger partial charge on any atom is -0.368 e. The van der Waals surface area contributed by atoms with Gasteiger partial charge in [0.2, 0.25) is 5.95 Å². The number of nitrogen functional groups attached to an aromatic ring is 1. The number of aromatic nitrogens is 2. The van der Waals surface area contributed by atoms with Crippen LogP contribution in [0.25, 0.3) is 0 Å². The van der Waals surface area contributed by atoms with E-state index in [2.05, 4.69) is 26.8 Å². The summed E-state index contributed by atoms with van der Waals surface area (Å²) in [7, 11) is 2.09. The molecule has 0 spiro atoms. The van der Waals surface area contributed by atoms with E-state index >= 15 is 0 Å². The number of hydrogen-bond donors (Lipinski definition) is 1. The molecule has 5 nitrogen and oxygen atoms in total. The molecule has 0 unspecified atom stereocenters. The highest BCUT2D eigenvalue weighted by molar-refractivity contribution is 5.63. The van der Waals surface area contributed by atoms with Crippen molar-refractivity contribution in [2.75, 3.05) is 42.2 Å². The Labute approximate surface area is 108 Å². The molecule has 0 amide bonds. The van der Waals surface area contributed by atoms with Gasteiger partial charge < -0.3 is 15.5 Å². The number of rotatable bonds is 1. The molecule has 2 aliphatic heterocycles. The van der Waals surface area contributed by atoms with Gasteiger partial charge in [-0.3, -0.25) is 0 Å². The van der Waals surface area contributed by atoms with Crippen LogP contribution in [0.3, 0.4) is 0 Å². The van der Waals surface area contributed by atoms with Crippen LogP contribution in [0, 0.1) is 0 Å². The van der Waals surface area contributed by atoms with Gasteiger partial charge in [-0.15, -0.1) is 0 Å². The van der Waals surface area contributed by atoms with Crippen molar-refractivity contribution in [1.29, 1.82) is 0 Å². The highest BCUT2D eigenvalue weighted by atomic mass is 15.3. The Morgan fingerprint density at radius 2 is 1.67 bits per heavy atom. The first-order chi connectivity index (χ1) is 8.75. The zero-order valence-corrected chi connectivity index (χ0v) is 11.0. The van der Waals surface area contributed by atoms with Gasteiger partial charge in [0.15, 0.2) is 0 Å². The molecule has 1 aromatic rings. The smallest absolute Gasteiger partial charge is 0.223 e. The van der Waals surface area contributed by atoms with Crippen molar-refractivity contribution in [3.05, 3.63) is 5.56 Å². The largest absolute Gasteiger partial charge is 0.368 e. The van der Waals surface area contributed by atoms with Crippen LogP contribution >= 0.6 is 0 Å². The van der Waals surface area contributed by atoms with Gasteiger partial charge in [0, 0.05) is 32.2 Å². The molecule has 0 atom stereocenters. The first-order valence-electron chi connectivity index (χ1n) is 6.88. The Morgan fingerprint density at radius 1 is 0.944 bits per heavy atom. The summed E-state index contributed by atoms with van der Waals surface area (Å²) in [6.45, 7) is 3.27. The molecule has 1 aromatic heterocycles. The lowest BCUT2D eigenvalue weighted by atomic mass is 10.0. The lowest BCUT2D eigenvalue weighted by Gasteiger charge is -2.33. The SMILES string of the molecule is CN1CCCc2c1nc(N)nc2N1CCCCC1. The molecule has 18 heavy (non-hydrogen) atoms. The van der Waals surface area contributed by atoms with E-state index < -0.39 is 0 Å². The molecule has 2 aliphatic rings. The molecule has 2 N–H and O–H groups in total. The molecule has 0 bridgehead atoms. The van der Waals surface area contributed by atoms with Crippen molar-refractivity contribution >= 4 is 17.6 Å². The summed E-state index contributed by atoms with van der Waals surface area (Å²) in [4.78, 5) is 13.5. The van der Waals surface area contributed by atoms with Crippen LogP contribution in [0.2, 0.25) is 0 Å². The third kappa shape index (κ3) is 1.98. The van der Waals surface area contributed by atoms with Crippen LogP contribution in [0.15, 0.2) is 0 Å². The van der Waals surface area contributed by atoms with E-state index in [0.717, 1.165) is 37.7 Å². The van der Waals surface area contributed by atoms with E-state index in [0.29, 0.717) is 5.95 Å². The summed E-state index contributed by atoms with van der Waals surface area (Å²) >= 11 is 0. The van der Waals surface area contributed by atoms with Crippen LogP contribution in [-0.2, 0) is 6.42 Å². The molecule has 0 aromatic carbocycles. The number of nitrogens with zero attached hydrogens (tertiary/aromatic N) is 4. The van der Waals surface area contributed by atoms with Crippen molar-refractivity contribution in [2.45, 2.75) is 32.1 Å². The fraction of sp³-hybridized carbons (Fsp3) is 0.692. The molecule has 3 rings (SSSR count). The van der Waals surface area contributed by atoms with Gasteiger partial charge in [-0.05, 0) is 32.1 Å². The van der Waals surface area contributed by atoms with Gasteiger partial charge in [0.1, 0.15) is 11.6 Å². The first kappa shape index (κ1) is 11.6.